The largest absolute Gasteiger partial charge is 2.00 e. The second-order valence-electron chi connectivity index (χ2n) is 17.1. The van der Waals surface area contributed by atoms with Crippen molar-refractivity contribution in [2.45, 2.75) is 290 Å². The van der Waals surface area contributed by atoms with Gasteiger partial charge in [-0.15, -0.1) is 0 Å². The zero-order chi connectivity index (χ0) is 44.7. The minimum Gasteiger partial charge on any atom is -0.550 e. The van der Waals surface area contributed by atoms with E-state index < -0.39 is 17.9 Å². The zero-order valence-corrected chi connectivity index (χ0v) is 51.8. The Bertz CT molecular complexity index is 834. The molecule has 0 aromatic rings. The fourth-order valence-corrected chi connectivity index (χ4v) is 7.02. The third-order valence-electron chi connectivity index (χ3n) is 10.9. The Kier molecular flexibility index (Phi) is 78.7. The molecule has 0 N–H and O–H groups in total. The summed E-state index contributed by atoms with van der Waals surface area (Å²) >= 11 is 0. The molecule has 0 saturated carbocycles. The summed E-state index contributed by atoms with van der Waals surface area (Å²) in [4.78, 5) is 30.6. The van der Waals surface area contributed by atoms with Crippen LogP contribution in [0.15, 0.2) is 36.5 Å². The van der Waals surface area contributed by atoms with Crippen LogP contribution < -0.4 is 84.2 Å². The Morgan fingerprint density at radius 3 is 0.581 bits per heavy atom. The van der Waals surface area contributed by atoms with E-state index in [2.05, 4.69) is 57.2 Å². The molecule has 0 aromatic heterocycles. The van der Waals surface area contributed by atoms with Gasteiger partial charge in [-0.05, 0) is 116 Å². The van der Waals surface area contributed by atoms with Gasteiger partial charge in [0, 0.05) is 17.9 Å². The van der Waals surface area contributed by atoms with Gasteiger partial charge in [-0.25, -0.2) is 0 Å². The number of rotatable bonds is 45. The molecule has 356 valence electrons. The Labute approximate surface area is 464 Å². The minimum atomic E-state index is -0.914. The van der Waals surface area contributed by atoms with E-state index in [1.165, 1.54) is 193 Å². The molecular formula is C54H99CsO6Pb. The average Bonchev–Trinajstić information content (AvgIpc) is 3.22. The molecule has 0 amide bonds. The molecule has 8 heteroatoms. The number of carboxylic acid groups (broad SMARTS) is 3. The molecule has 0 aliphatic heterocycles. The zero-order valence-electron chi connectivity index (χ0n) is 41.6. The van der Waals surface area contributed by atoms with E-state index in [1.54, 1.807) is 0 Å². The molecule has 0 rings (SSSR count). The molecule has 0 aliphatic rings. The molecule has 0 unspecified atom stereocenters. The number of allylic oxidation sites excluding steroid dienone is 6. The van der Waals surface area contributed by atoms with Gasteiger partial charge in [0.15, 0.2) is 0 Å². The van der Waals surface area contributed by atoms with Crippen LogP contribution in [0.2, 0.25) is 0 Å². The van der Waals surface area contributed by atoms with Crippen molar-refractivity contribution in [1.29, 1.82) is 0 Å². The number of carboxylic acids is 3. The number of carbonyl (C=O) groups is 3. The number of carbonyl (C=O) groups excluding carboxylic acids is 3. The van der Waals surface area contributed by atoms with Crippen LogP contribution in [-0.2, 0) is 14.4 Å². The first-order valence-electron chi connectivity index (χ1n) is 25.9. The van der Waals surface area contributed by atoms with Gasteiger partial charge in [0.05, 0.1) is 0 Å². The van der Waals surface area contributed by atoms with Gasteiger partial charge in [-0.1, -0.05) is 211 Å². The van der Waals surface area contributed by atoms with Gasteiger partial charge in [0.25, 0.3) is 0 Å². The molecule has 0 aliphatic carbocycles. The van der Waals surface area contributed by atoms with E-state index >= 15 is 0 Å². The summed E-state index contributed by atoms with van der Waals surface area (Å²) < 4.78 is 0. The van der Waals surface area contributed by atoms with Crippen LogP contribution in [0.25, 0.3) is 0 Å². The van der Waals surface area contributed by atoms with Gasteiger partial charge >= 0.3 is 96.2 Å². The van der Waals surface area contributed by atoms with Gasteiger partial charge in [-0.2, -0.15) is 0 Å². The summed E-state index contributed by atoms with van der Waals surface area (Å²) in [5, 5.41) is 30.6. The second kappa shape index (κ2) is 68.2. The number of hydrogen-bond donors (Lipinski definition) is 0. The average molecular weight is 1180 g/mol. The predicted molar refractivity (Wildman–Crippen MR) is 259 cm³/mol. The van der Waals surface area contributed by atoms with E-state index in [9.17, 15) is 29.7 Å². The first kappa shape index (κ1) is 71.6. The summed E-state index contributed by atoms with van der Waals surface area (Å²) in [6.45, 7) is 6.77. The molecular weight excluding hydrogens is 1080 g/mol. The number of hydrogen-bond acceptors (Lipinski definition) is 6. The van der Waals surface area contributed by atoms with Crippen molar-refractivity contribution in [2.75, 3.05) is 0 Å². The summed E-state index contributed by atoms with van der Waals surface area (Å²) in [5.74, 6) is -2.74. The SMILES string of the molecule is CCCCCCCC/C=C\CCCCCCCC(=O)[O-].CCCCCCCC/C=C\CCCCCCCC(=O)[O-].CCCCCCCC/C=C\CCCCCCCC(=O)[O-].[Cs+].[Pb+2]. The fraction of sp³-hybridized carbons (Fsp3) is 0.833. The van der Waals surface area contributed by atoms with Crippen molar-refractivity contribution in [2.24, 2.45) is 0 Å². The maximum atomic E-state index is 10.2. The summed E-state index contributed by atoms with van der Waals surface area (Å²) in [6.07, 6.45) is 62.7. The predicted octanol–water partition coefficient (Wildman–Crippen LogP) is 10.9. The Morgan fingerprint density at radius 1 is 0.274 bits per heavy atom. The number of aliphatic carboxylic acids is 3. The van der Waals surface area contributed by atoms with Crippen LogP contribution in [-0.4, -0.2) is 45.2 Å². The Balaban J connectivity index is -0.000000258. The van der Waals surface area contributed by atoms with Crippen molar-refractivity contribution in [3.8, 4) is 0 Å². The van der Waals surface area contributed by atoms with Crippen molar-refractivity contribution >= 4 is 45.2 Å². The second-order valence-corrected chi connectivity index (χ2v) is 17.1. The third kappa shape index (κ3) is 80.9. The minimum absolute atomic E-state index is 0. The normalized spacial score (nSPS) is 10.9. The van der Waals surface area contributed by atoms with E-state index in [1.807, 2.05) is 0 Å². The Hall–Kier alpha value is 0.604. The van der Waals surface area contributed by atoms with E-state index in [0.29, 0.717) is 0 Å². The van der Waals surface area contributed by atoms with E-state index in [-0.39, 0.29) is 115 Å². The van der Waals surface area contributed by atoms with Gasteiger partial charge < -0.3 is 29.7 Å². The molecule has 0 bridgehead atoms. The van der Waals surface area contributed by atoms with Gasteiger partial charge in [-0.3, -0.25) is 0 Å². The standard InChI is InChI=1S/3C18H34O2.Cs.Pb/c3*1-2-3-4-5-6-7-8-9-10-11-12-13-14-15-16-17-18(19)20;;/h3*9-10H,2-8,11-17H2,1H3,(H,19,20);;/q;;;+1;+2/p-3/b3*10-9-;;. The van der Waals surface area contributed by atoms with Crippen molar-refractivity contribution in [1.82, 2.24) is 0 Å². The molecule has 0 heterocycles. The topological polar surface area (TPSA) is 120 Å². The van der Waals surface area contributed by atoms with Gasteiger partial charge in [0.2, 0.25) is 0 Å². The fourth-order valence-electron chi connectivity index (χ4n) is 7.02. The van der Waals surface area contributed by atoms with E-state index in [4.69, 9.17) is 0 Å². The van der Waals surface area contributed by atoms with Crippen LogP contribution in [0.5, 0.6) is 0 Å². The van der Waals surface area contributed by atoms with Crippen molar-refractivity contribution < 1.29 is 98.6 Å². The number of unbranched alkanes of at least 4 members (excludes halogenated alkanes) is 33. The summed E-state index contributed by atoms with van der Waals surface area (Å²) in [7, 11) is 0. The van der Waals surface area contributed by atoms with Crippen LogP contribution in [0.4, 0.5) is 0 Å². The molecule has 0 fully saturated rings. The van der Waals surface area contributed by atoms with Gasteiger partial charge in [0.1, 0.15) is 0 Å². The third-order valence-corrected chi connectivity index (χ3v) is 10.9. The molecule has 0 aromatic carbocycles. The maximum absolute atomic E-state index is 10.2. The monoisotopic (exact) mass is 1180 g/mol. The molecule has 0 atom stereocenters. The van der Waals surface area contributed by atoms with Crippen molar-refractivity contribution in [3.05, 3.63) is 36.5 Å². The first-order chi connectivity index (χ1) is 29.3. The first-order valence-corrected chi connectivity index (χ1v) is 25.9. The smallest absolute Gasteiger partial charge is 0.550 e. The molecule has 62 heavy (non-hydrogen) atoms. The summed E-state index contributed by atoms with van der Waals surface area (Å²) in [6, 6.07) is 0. The van der Waals surface area contributed by atoms with E-state index in [0.717, 1.165) is 57.8 Å². The van der Waals surface area contributed by atoms with Crippen LogP contribution in [0, 0.1) is 0 Å². The molecule has 2 radical (unpaired) electrons. The quantitative estimate of drug-likeness (QED) is 0.0340. The summed E-state index contributed by atoms with van der Waals surface area (Å²) in [5.41, 5.74) is 0. The van der Waals surface area contributed by atoms with Crippen molar-refractivity contribution in [3.63, 3.8) is 0 Å². The Morgan fingerprint density at radius 2 is 0.419 bits per heavy atom. The van der Waals surface area contributed by atoms with Crippen LogP contribution in [0.1, 0.15) is 290 Å². The molecule has 0 saturated heterocycles. The molecule has 0 spiro atoms. The van der Waals surface area contributed by atoms with Crippen LogP contribution >= 0.6 is 0 Å². The molecule has 6 nitrogen and oxygen atoms in total. The van der Waals surface area contributed by atoms with Crippen LogP contribution in [0.3, 0.4) is 0 Å². The maximum Gasteiger partial charge on any atom is 2.00 e.